The number of benzene rings is 2. The second-order valence-electron chi connectivity index (χ2n) is 6.39. The van der Waals surface area contributed by atoms with Crippen LogP contribution in [0.2, 0.25) is 0 Å². The Morgan fingerprint density at radius 2 is 1.50 bits per heavy atom. The summed E-state index contributed by atoms with van der Waals surface area (Å²) in [6.45, 7) is 0. The molecule has 0 bridgehead atoms. The summed E-state index contributed by atoms with van der Waals surface area (Å²) < 4.78 is 0. The third-order valence-corrected chi connectivity index (χ3v) is 4.66. The summed E-state index contributed by atoms with van der Waals surface area (Å²) in [7, 11) is 0. The molecule has 1 aliphatic carbocycles. The number of rotatable bonds is 6. The molecular weight excluding hydrogens is 336 g/mol. The van der Waals surface area contributed by atoms with E-state index < -0.39 is 41.4 Å². The van der Waals surface area contributed by atoms with Gasteiger partial charge in [-0.1, -0.05) is 60.7 Å². The van der Waals surface area contributed by atoms with Crippen molar-refractivity contribution in [2.75, 3.05) is 0 Å². The van der Waals surface area contributed by atoms with Gasteiger partial charge in [0.2, 0.25) is 0 Å². The van der Waals surface area contributed by atoms with Crippen LogP contribution in [0.5, 0.6) is 0 Å². The standard InChI is InChI=1S/C20H20O6/c21-14(11-12-7-3-1-4-8-12)16(22)17(23)19(25)20(26)15(18(20)24)13-9-5-2-6-10-13/h1-11,15-17,19,21-23,25-26H/t15?,16-,17+,19+,20+/m1/s1. The molecule has 0 aliphatic heterocycles. The summed E-state index contributed by atoms with van der Waals surface area (Å²) in [5, 5.41) is 51.1. The van der Waals surface area contributed by atoms with Crippen molar-refractivity contribution in [3.63, 3.8) is 0 Å². The number of hydrogen-bond donors (Lipinski definition) is 5. The van der Waals surface area contributed by atoms with Gasteiger partial charge >= 0.3 is 0 Å². The molecule has 0 amide bonds. The van der Waals surface area contributed by atoms with E-state index in [1.54, 1.807) is 60.7 Å². The quantitative estimate of drug-likeness (QED) is 0.488. The molecule has 0 radical (unpaired) electrons. The van der Waals surface area contributed by atoms with E-state index in [9.17, 15) is 30.3 Å². The minimum absolute atomic E-state index is 0.504. The van der Waals surface area contributed by atoms with Crippen molar-refractivity contribution in [1.29, 1.82) is 0 Å². The summed E-state index contributed by atoms with van der Waals surface area (Å²) >= 11 is 0. The lowest BCUT2D eigenvalue weighted by atomic mass is 9.96. The van der Waals surface area contributed by atoms with Crippen LogP contribution in [0.4, 0.5) is 0 Å². The van der Waals surface area contributed by atoms with Crippen molar-refractivity contribution in [3.05, 3.63) is 77.5 Å². The van der Waals surface area contributed by atoms with Gasteiger partial charge in [0, 0.05) is 0 Å². The fourth-order valence-electron chi connectivity index (χ4n) is 3.09. The summed E-state index contributed by atoms with van der Waals surface area (Å²) in [5.74, 6) is -2.22. The molecule has 0 spiro atoms. The third-order valence-electron chi connectivity index (χ3n) is 4.66. The summed E-state index contributed by atoms with van der Waals surface area (Å²) in [4.78, 5) is 12.1. The molecule has 6 heteroatoms. The van der Waals surface area contributed by atoms with E-state index in [1.807, 2.05) is 0 Å². The lowest BCUT2D eigenvalue weighted by Gasteiger charge is -2.26. The van der Waals surface area contributed by atoms with E-state index in [0.717, 1.165) is 0 Å². The fourth-order valence-corrected chi connectivity index (χ4v) is 3.09. The maximum absolute atomic E-state index is 12.1. The molecule has 3 rings (SSSR count). The van der Waals surface area contributed by atoms with Crippen LogP contribution in [0.15, 0.2) is 66.4 Å². The van der Waals surface area contributed by atoms with Crippen molar-refractivity contribution in [2.24, 2.45) is 0 Å². The summed E-state index contributed by atoms with van der Waals surface area (Å²) in [6, 6.07) is 17.0. The van der Waals surface area contributed by atoms with Crippen molar-refractivity contribution >= 4 is 11.9 Å². The monoisotopic (exact) mass is 356 g/mol. The van der Waals surface area contributed by atoms with Crippen LogP contribution in [-0.4, -0.2) is 55.2 Å². The molecule has 6 nitrogen and oxygen atoms in total. The van der Waals surface area contributed by atoms with Crippen LogP contribution in [0.3, 0.4) is 0 Å². The molecule has 2 aromatic carbocycles. The van der Waals surface area contributed by atoms with E-state index in [0.29, 0.717) is 11.1 Å². The Bertz CT molecular complexity index is 804. The van der Waals surface area contributed by atoms with Crippen molar-refractivity contribution < 1.29 is 30.3 Å². The van der Waals surface area contributed by atoms with Gasteiger partial charge in [-0.15, -0.1) is 0 Å². The SMILES string of the molecule is O=C1C(c2ccccc2)[C@@]1(O)[C@@H](O)[C@@H](O)[C@H](O)C(O)=Cc1ccccc1. The number of ketones is 1. The van der Waals surface area contributed by atoms with Gasteiger partial charge in [-0.3, -0.25) is 4.79 Å². The van der Waals surface area contributed by atoms with Gasteiger partial charge in [-0.05, 0) is 17.2 Å². The Hall–Kier alpha value is -2.51. The molecule has 5 atom stereocenters. The van der Waals surface area contributed by atoms with Crippen molar-refractivity contribution in [2.45, 2.75) is 29.8 Å². The van der Waals surface area contributed by atoms with Crippen LogP contribution in [0.1, 0.15) is 17.0 Å². The van der Waals surface area contributed by atoms with Crippen molar-refractivity contribution in [1.82, 2.24) is 0 Å². The minimum Gasteiger partial charge on any atom is -0.509 e. The van der Waals surface area contributed by atoms with Crippen molar-refractivity contribution in [3.8, 4) is 0 Å². The molecule has 1 fully saturated rings. The second kappa shape index (κ2) is 7.01. The first-order chi connectivity index (χ1) is 12.4. The van der Waals surface area contributed by atoms with Gasteiger partial charge in [0.1, 0.15) is 24.1 Å². The molecular formula is C20H20O6. The molecule has 1 saturated carbocycles. The highest BCUT2D eigenvalue weighted by molar-refractivity contribution is 6.12. The average molecular weight is 356 g/mol. The first-order valence-electron chi connectivity index (χ1n) is 8.18. The van der Waals surface area contributed by atoms with Gasteiger partial charge in [0.05, 0.1) is 5.92 Å². The fraction of sp³-hybridized carbons (Fsp3) is 0.250. The molecule has 0 heterocycles. The first-order valence-corrected chi connectivity index (χ1v) is 8.18. The Morgan fingerprint density at radius 3 is 2.08 bits per heavy atom. The number of Topliss-reactive ketones (excluding diaryl/α,β-unsaturated/α-hetero) is 1. The van der Waals surface area contributed by atoms with Crippen LogP contribution in [-0.2, 0) is 4.79 Å². The number of aliphatic hydroxyl groups is 5. The van der Waals surface area contributed by atoms with Crippen LogP contribution < -0.4 is 0 Å². The second-order valence-corrected chi connectivity index (χ2v) is 6.39. The highest BCUT2D eigenvalue weighted by Crippen LogP contribution is 2.50. The number of hydrogen-bond acceptors (Lipinski definition) is 6. The Kier molecular flexibility index (Phi) is 4.93. The van der Waals surface area contributed by atoms with Crippen LogP contribution >= 0.6 is 0 Å². The zero-order chi connectivity index (χ0) is 18.9. The highest BCUT2D eigenvalue weighted by Gasteiger charge is 2.70. The largest absolute Gasteiger partial charge is 0.509 e. The predicted octanol–water partition coefficient (Wildman–Crippen LogP) is 0.766. The van der Waals surface area contributed by atoms with E-state index in [-0.39, 0.29) is 0 Å². The molecule has 5 N–H and O–H groups in total. The lowest BCUT2D eigenvalue weighted by Crippen LogP contribution is -2.48. The maximum atomic E-state index is 12.1. The first kappa shape index (κ1) is 18.3. The Labute approximate surface area is 150 Å². The zero-order valence-corrected chi connectivity index (χ0v) is 13.8. The van der Waals surface area contributed by atoms with E-state index >= 15 is 0 Å². The topological polar surface area (TPSA) is 118 Å². The molecule has 1 aliphatic rings. The Balaban J connectivity index is 1.76. The summed E-state index contributed by atoms with van der Waals surface area (Å²) in [5.41, 5.74) is -1.12. The van der Waals surface area contributed by atoms with E-state index in [1.165, 1.54) is 6.08 Å². The predicted molar refractivity (Wildman–Crippen MR) is 94.2 cm³/mol. The average Bonchev–Trinajstić information content (AvgIpc) is 3.23. The molecule has 2 aromatic rings. The Morgan fingerprint density at radius 1 is 0.962 bits per heavy atom. The summed E-state index contributed by atoms with van der Waals surface area (Å²) in [6.07, 6.45) is -4.54. The molecule has 26 heavy (non-hydrogen) atoms. The maximum Gasteiger partial charge on any atom is 0.179 e. The number of aliphatic hydroxyl groups excluding tert-OH is 4. The highest BCUT2D eigenvalue weighted by atomic mass is 16.4. The van der Waals surface area contributed by atoms with Gasteiger partial charge < -0.3 is 25.5 Å². The van der Waals surface area contributed by atoms with Gasteiger partial charge in [-0.25, -0.2) is 0 Å². The normalized spacial score (nSPS) is 26.2. The molecule has 0 saturated heterocycles. The number of carbonyl (C=O) groups is 1. The van der Waals surface area contributed by atoms with Gasteiger partial charge in [-0.2, -0.15) is 0 Å². The number of carbonyl (C=O) groups excluding carboxylic acids is 1. The van der Waals surface area contributed by atoms with Gasteiger partial charge in [0.25, 0.3) is 0 Å². The smallest absolute Gasteiger partial charge is 0.179 e. The third kappa shape index (κ3) is 3.15. The molecule has 1 unspecified atom stereocenters. The van der Waals surface area contributed by atoms with E-state index in [4.69, 9.17) is 0 Å². The zero-order valence-electron chi connectivity index (χ0n) is 13.8. The van der Waals surface area contributed by atoms with Crippen LogP contribution in [0, 0.1) is 0 Å². The minimum atomic E-state index is -2.20. The molecule has 0 aromatic heterocycles. The lowest BCUT2D eigenvalue weighted by molar-refractivity contribution is -0.135. The van der Waals surface area contributed by atoms with E-state index in [2.05, 4.69) is 0 Å². The van der Waals surface area contributed by atoms with Crippen LogP contribution in [0.25, 0.3) is 6.08 Å². The van der Waals surface area contributed by atoms with Gasteiger partial charge in [0.15, 0.2) is 11.4 Å². The molecule has 136 valence electrons.